The number of anilines is 1. The predicted octanol–water partition coefficient (Wildman–Crippen LogP) is 3.58. The average molecular weight is 474 g/mol. The minimum absolute atomic E-state index is 0.119. The monoisotopic (exact) mass is 473 g/mol. The highest BCUT2D eigenvalue weighted by molar-refractivity contribution is 5.93. The molecule has 35 heavy (non-hydrogen) atoms. The van der Waals surface area contributed by atoms with Gasteiger partial charge < -0.3 is 10.2 Å². The van der Waals surface area contributed by atoms with Gasteiger partial charge in [-0.2, -0.15) is 0 Å². The van der Waals surface area contributed by atoms with E-state index in [1.54, 1.807) is 0 Å². The number of rotatable bonds is 9. The predicted molar refractivity (Wildman–Crippen MR) is 136 cm³/mol. The Bertz CT molecular complexity index is 1090. The molecule has 5 rings (SSSR count). The lowest BCUT2D eigenvalue weighted by atomic mass is 9.84. The number of hydrogen-bond acceptors (Lipinski definition) is 6. The Balaban J connectivity index is 1.36. The molecule has 2 aromatic carbocycles. The third-order valence-electron chi connectivity index (χ3n) is 7.60. The van der Waals surface area contributed by atoms with Crippen LogP contribution in [0.4, 0.5) is 5.69 Å². The number of hydrogen-bond donors (Lipinski definition) is 1. The first-order chi connectivity index (χ1) is 17.2. The highest BCUT2D eigenvalue weighted by Gasteiger charge is 2.51. The smallest absolute Gasteiger partial charge is 0.247 e. The molecule has 8 heteroatoms. The van der Waals surface area contributed by atoms with E-state index in [0.717, 1.165) is 69.7 Å². The summed E-state index contributed by atoms with van der Waals surface area (Å²) in [7, 11) is 0. The maximum Gasteiger partial charge on any atom is 0.247 e. The van der Waals surface area contributed by atoms with Crippen molar-refractivity contribution in [2.45, 2.75) is 63.6 Å². The first-order valence-electron chi connectivity index (χ1n) is 12.9. The highest BCUT2D eigenvalue weighted by atomic mass is 16.2. The van der Waals surface area contributed by atoms with Gasteiger partial charge >= 0.3 is 0 Å². The Morgan fingerprint density at radius 3 is 2.46 bits per heavy atom. The minimum Gasteiger partial charge on any atom is -0.339 e. The topological polar surface area (TPSA) is 79.2 Å². The zero-order valence-electron chi connectivity index (χ0n) is 20.5. The van der Waals surface area contributed by atoms with E-state index in [4.69, 9.17) is 0 Å². The molecule has 184 valence electrons. The van der Waals surface area contributed by atoms with Gasteiger partial charge in [0.25, 0.3) is 0 Å². The standard InChI is InChI=1S/C27H35N7O/c1-2-3-18-34-25(29-30-31-34)24(15-14-22-10-6-4-7-11-22)32-19-16-27(17-20-32)26(35)28-21-33(27)23-12-8-5-9-13-23/h4-13,24H,2-3,14-21H2,1H3,(H,28,35). The summed E-state index contributed by atoms with van der Waals surface area (Å²) in [5.74, 6) is 1.09. The molecule has 3 aromatic rings. The maximum absolute atomic E-state index is 13.1. The SMILES string of the molecule is CCCCn1nnnc1C(CCc1ccccc1)N1CCC2(CC1)C(=O)NCN2c1ccccc1. The molecular formula is C27H35N7O. The minimum atomic E-state index is -0.490. The van der Waals surface area contributed by atoms with Gasteiger partial charge in [0.05, 0.1) is 12.7 Å². The lowest BCUT2D eigenvalue weighted by Crippen LogP contribution is -2.57. The number of amides is 1. The number of piperidine rings is 1. The number of aromatic nitrogens is 4. The van der Waals surface area contributed by atoms with Crippen LogP contribution in [0.3, 0.4) is 0 Å². The van der Waals surface area contributed by atoms with E-state index in [-0.39, 0.29) is 11.9 Å². The second-order valence-electron chi connectivity index (χ2n) is 9.65. The van der Waals surface area contributed by atoms with E-state index in [2.05, 4.69) is 80.0 Å². The molecule has 2 fully saturated rings. The number of carbonyl (C=O) groups excluding carboxylic acids is 1. The summed E-state index contributed by atoms with van der Waals surface area (Å²) in [6.07, 6.45) is 5.63. The van der Waals surface area contributed by atoms with E-state index in [9.17, 15) is 4.79 Å². The molecule has 2 aliphatic heterocycles. The molecule has 3 heterocycles. The number of likely N-dealkylation sites (tertiary alicyclic amines) is 1. The molecular weight excluding hydrogens is 438 g/mol. The number of carbonyl (C=O) groups is 1. The maximum atomic E-state index is 13.1. The van der Waals surface area contributed by atoms with Crippen molar-refractivity contribution < 1.29 is 4.79 Å². The van der Waals surface area contributed by atoms with Crippen molar-refractivity contribution >= 4 is 11.6 Å². The molecule has 1 spiro atoms. The summed E-state index contributed by atoms with van der Waals surface area (Å²) in [5.41, 5.74) is 1.93. The summed E-state index contributed by atoms with van der Waals surface area (Å²) in [6, 6.07) is 21.0. The number of benzene rings is 2. The molecule has 0 saturated carbocycles. The van der Waals surface area contributed by atoms with Crippen LogP contribution in [0.15, 0.2) is 60.7 Å². The van der Waals surface area contributed by atoms with Crippen molar-refractivity contribution in [3.8, 4) is 0 Å². The van der Waals surface area contributed by atoms with Crippen molar-refractivity contribution in [3.05, 3.63) is 72.1 Å². The van der Waals surface area contributed by atoms with E-state index in [0.29, 0.717) is 6.67 Å². The van der Waals surface area contributed by atoms with Gasteiger partial charge in [0.15, 0.2) is 5.82 Å². The number of unbranched alkanes of at least 4 members (excludes halogenated alkanes) is 1. The van der Waals surface area contributed by atoms with Crippen molar-refractivity contribution in [1.29, 1.82) is 0 Å². The second kappa shape index (κ2) is 10.6. The van der Waals surface area contributed by atoms with Crippen LogP contribution in [0.2, 0.25) is 0 Å². The Morgan fingerprint density at radius 1 is 1.03 bits per heavy atom. The van der Waals surface area contributed by atoms with Crippen molar-refractivity contribution in [2.24, 2.45) is 0 Å². The zero-order valence-corrected chi connectivity index (χ0v) is 20.5. The Hall–Kier alpha value is -3.26. The Kier molecular flexibility index (Phi) is 7.08. The molecule has 1 aromatic heterocycles. The van der Waals surface area contributed by atoms with Crippen molar-refractivity contribution in [2.75, 3.05) is 24.7 Å². The first-order valence-corrected chi connectivity index (χ1v) is 12.9. The Morgan fingerprint density at radius 2 is 1.74 bits per heavy atom. The molecule has 2 saturated heterocycles. The lowest BCUT2D eigenvalue weighted by molar-refractivity contribution is -0.125. The van der Waals surface area contributed by atoms with Gasteiger partial charge in [0, 0.05) is 25.3 Å². The fourth-order valence-electron chi connectivity index (χ4n) is 5.58. The fourth-order valence-corrected chi connectivity index (χ4v) is 5.58. The van der Waals surface area contributed by atoms with Gasteiger partial charge in [0.1, 0.15) is 5.54 Å². The number of tetrazole rings is 1. The van der Waals surface area contributed by atoms with E-state index in [1.807, 2.05) is 22.9 Å². The number of nitrogens with zero attached hydrogens (tertiary/aromatic N) is 6. The molecule has 0 aliphatic carbocycles. The first kappa shape index (κ1) is 23.5. The number of nitrogens with one attached hydrogen (secondary N) is 1. The molecule has 8 nitrogen and oxygen atoms in total. The van der Waals surface area contributed by atoms with Crippen LogP contribution in [0.25, 0.3) is 0 Å². The second-order valence-corrected chi connectivity index (χ2v) is 9.65. The Labute approximate surface area is 207 Å². The molecule has 0 radical (unpaired) electrons. The van der Waals surface area contributed by atoms with Crippen molar-refractivity contribution in [1.82, 2.24) is 30.4 Å². The number of para-hydroxylation sites is 1. The molecule has 2 aliphatic rings. The highest BCUT2D eigenvalue weighted by Crippen LogP contribution is 2.38. The zero-order chi connectivity index (χ0) is 24.1. The van der Waals surface area contributed by atoms with Crippen LogP contribution in [-0.2, 0) is 17.8 Å². The van der Waals surface area contributed by atoms with Crippen LogP contribution in [0.1, 0.15) is 56.5 Å². The van der Waals surface area contributed by atoms with Gasteiger partial charge in [0.2, 0.25) is 5.91 Å². The lowest BCUT2D eigenvalue weighted by Gasteiger charge is -2.45. The van der Waals surface area contributed by atoms with Gasteiger partial charge in [-0.3, -0.25) is 9.69 Å². The largest absolute Gasteiger partial charge is 0.339 e. The quantitative estimate of drug-likeness (QED) is 0.512. The summed E-state index contributed by atoms with van der Waals surface area (Å²) in [6.45, 7) is 5.25. The molecule has 1 unspecified atom stereocenters. The molecule has 1 amide bonds. The summed E-state index contributed by atoms with van der Waals surface area (Å²) >= 11 is 0. The molecule has 0 bridgehead atoms. The van der Waals surface area contributed by atoms with Gasteiger partial charge in [-0.1, -0.05) is 61.9 Å². The van der Waals surface area contributed by atoms with Gasteiger partial charge in [-0.05, 0) is 60.2 Å². The fraction of sp³-hybridized carbons (Fsp3) is 0.481. The van der Waals surface area contributed by atoms with Gasteiger partial charge in [-0.25, -0.2) is 4.68 Å². The third-order valence-corrected chi connectivity index (χ3v) is 7.60. The van der Waals surface area contributed by atoms with Crippen LogP contribution in [-0.4, -0.2) is 56.3 Å². The van der Waals surface area contributed by atoms with Crippen LogP contribution < -0.4 is 10.2 Å². The van der Waals surface area contributed by atoms with Crippen LogP contribution in [0, 0.1) is 0 Å². The average Bonchev–Trinajstić information content (AvgIpc) is 3.49. The normalized spacial score (nSPS) is 18.7. The third kappa shape index (κ3) is 4.80. The summed E-state index contributed by atoms with van der Waals surface area (Å²) in [5, 5.41) is 16.0. The van der Waals surface area contributed by atoms with Gasteiger partial charge in [-0.15, -0.1) is 5.10 Å². The van der Waals surface area contributed by atoms with E-state index >= 15 is 0 Å². The summed E-state index contributed by atoms with van der Waals surface area (Å²) in [4.78, 5) is 17.9. The van der Waals surface area contributed by atoms with E-state index in [1.165, 1.54) is 5.56 Å². The molecule has 1 N–H and O–H groups in total. The molecule has 1 atom stereocenters. The van der Waals surface area contributed by atoms with E-state index < -0.39 is 5.54 Å². The van der Waals surface area contributed by atoms with Crippen LogP contribution >= 0.6 is 0 Å². The summed E-state index contributed by atoms with van der Waals surface area (Å²) < 4.78 is 1.99. The number of aryl methyl sites for hydroxylation is 2. The van der Waals surface area contributed by atoms with Crippen molar-refractivity contribution in [3.63, 3.8) is 0 Å². The van der Waals surface area contributed by atoms with Crippen LogP contribution in [0.5, 0.6) is 0 Å².